The van der Waals surface area contributed by atoms with Crippen LogP contribution in [0.3, 0.4) is 0 Å². The summed E-state index contributed by atoms with van der Waals surface area (Å²) in [5, 5.41) is 12.2. The Morgan fingerprint density at radius 3 is 2.78 bits per heavy atom. The first-order valence-electron chi connectivity index (χ1n) is 8.56. The van der Waals surface area contributed by atoms with Crippen molar-refractivity contribution in [2.24, 2.45) is 0 Å². The fourth-order valence-corrected chi connectivity index (χ4v) is 3.09. The first kappa shape index (κ1) is 17.6. The van der Waals surface area contributed by atoms with E-state index in [-0.39, 0.29) is 24.7 Å². The molecule has 1 aliphatic rings. The van der Waals surface area contributed by atoms with Gasteiger partial charge < -0.3 is 20.1 Å². The van der Waals surface area contributed by atoms with Crippen molar-refractivity contribution in [3.05, 3.63) is 29.8 Å². The Bertz CT molecular complexity index is 488. The van der Waals surface area contributed by atoms with E-state index < -0.39 is 0 Å². The Hall–Kier alpha value is -1.75. The molecule has 2 unspecified atom stereocenters. The average Bonchev–Trinajstić information content (AvgIpc) is 2.56. The van der Waals surface area contributed by atoms with Gasteiger partial charge in [-0.2, -0.15) is 0 Å². The van der Waals surface area contributed by atoms with Crippen molar-refractivity contribution in [2.45, 2.75) is 51.6 Å². The monoisotopic (exact) mass is 320 g/mol. The molecule has 128 valence electrons. The third-order valence-corrected chi connectivity index (χ3v) is 4.38. The van der Waals surface area contributed by atoms with Crippen molar-refractivity contribution in [1.29, 1.82) is 0 Å². The minimum Gasteiger partial charge on any atom is -0.494 e. The lowest BCUT2D eigenvalue weighted by Crippen LogP contribution is -2.49. The number of nitrogens with zero attached hydrogens (tertiary/aromatic N) is 1. The quantitative estimate of drug-likeness (QED) is 0.846. The normalized spacial score (nSPS) is 19.3. The predicted octanol–water partition coefficient (Wildman–Crippen LogP) is 3.09. The number of likely N-dealkylation sites (tertiary alicyclic amines) is 1. The summed E-state index contributed by atoms with van der Waals surface area (Å²) in [6, 6.07) is 7.88. The van der Waals surface area contributed by atoms with Gasteiger partial charge in [-0.15, -0.1) is 0 Å². The van der Waals surface area contributed by atoms with E-state index in [2.05, 4.69) is 5.32 Å². The molecule has 1 heterocycles. The van der Waals surface area contributed by atoms with Crippen LogP contribution in [-0.4, -0.2) is 41.8 Å². The smallest absolute Gasteiger partial charge is 0.318 e. The number of rotatable bonds is 6. The number of carbonyl (C=O) groups excluding carboxylic acids is 1. The number of aliphatic hydroxyl groups excluding tert-OH is 1. The van der Waals surface area contributed by atoms with Gasteiger partial charge in [0, 0.05) is 19.2 Å². The van der Waals surface area contributed by atoms with Crippen LogP contribution in [0.2, 0.25) is 0 Å². The minimum absolute atomic E-state index is 0.0375. The number of carbonyl (C=O) groups is 1. The Labute approximate surface area is 138 Å². The van der Waals surface area contributed by atoms with Crippen LogP contribution in [0.5, 0.6) is 5.75 Å². The van der Waals surface area contributed by atoms with Gasteiger partial charge in [0.05, 0.1) is 12.6 Å². The molecule has 2 N–H and O–H groups in total. The molecule has 5 nitrogen and oxygen atoms in total. The molecule has 1 fully saturated rings. The highest BCUT2D eigenvalue weighted by molar-refractivity contribution is 5.75. The molecule has 5 heteroatoms. The van der Waals surface area contributed by atoms with Gasteiger partial charge in [0.2, 0.25) is 0 Å². The summed E-state index contributed by atoms with van der Waals surface area (Å²) >= 11 is 0. The number of nitrogens with one attached hydrogen (secondary N) is 1. The van der Waals surface area contributed by atoms with Gasteiger partial charge in [-0.3, -0.25) is 0 Å². The summed E-state index contributed by atoms with van der Waals surface area (Å²) in [5.41, 5.74) is 1.05. The maximum Gasteiger partial charge on any atom is 0.318 e. The minimum atomic E-state index is -0.0603. The van der Waals surface area contributed by atoms with Crippen molar-refractivity contribution < 1.29 is 14.6 Å². The zero-order valence-corrected chi connectivity index (χ0v) is 14.1. The van der Waals surface area contributed by atoms with Gasteiger partial charge in [-0.05, 0) is 57.2 Å². The van der Waals surface area contributed by atoms with Gasteiger partial charge in [0.1, 0.15) is 5.75 Å². The largest absolute Gasteiger partial charge is 0.494 e. The third-order valence-electron chi connectivity index (χ3n) is 4.38. The van der Waals surface area contributed by atoms with Crippen molar-refractivity contribution in [3.63, 3.8) is 0 Å². The van der Waals surface area contributed by atoms with Crippen molar-refractivity contribution in [3.8, 4) is 5.75 Å². The second-order valence-electron chi connectivity index (χ2n) is 6.03. The fraction of sp³-hybridized carbons (Fsp3) is 0.611. The number of hydrogen-bond donors (Lipinski definition) is 2. The Kier molecular flexibility index (Phi) is 6.71. The Morgan fingerprint density at radius 1 is 1.39 bits per heavy atom. The molecule has 0 bridgehead atoms. The molecule has 0 spiro atoms. The molecular formula is C18H28N2O3. The van der Waals surface area contributed by atoms with E-state index in [4.69, 9.17) is 4.74 Å². The Morgan fingerprint density at radius 2 is 2.13 bits per heavy atom. The molecule has 0 aromatic heterocycles. The van der Waals surface area contributed by atoms with Crippen molar-refractivity contribution in [1.82, 2.24) is 10.2 Å². The second-order valence-corrected chi connectivity index (χ2v) is 6.03. The predicted molar refractivity (Wildman–Crippen MR) is 90.6 cm³/mol. The van der Waals surface area contributed by atoms with Crippen molar-refractivity contribution >= 4 is 6.03 Å². The molecule has 1 aromatic rings. The number of hydrogen-bond acceptors (Lipinski definition) is 3. The second kappa shape index (κ2) is 8.77. The SMILES string of the molecule is CCOc1ccc(C(C)NC(=O)N2CCCCC2CCO)cc1. The van der Waals surface area contributed by atoms with Crippen molar-refractivity contribution in [2.75, 3.05) is 19.8 Å². The topological polar surface area (TPSA) is 61.8 Å². The summed E-state index contributed by atoms with van der Waals surface area (Å²) < 4.78 is 5.44. The van der Waals surface area contributed by atoms with Crippen LogP contribution in [0.15, 0.2) is 24.3 Å². The van der Waals surface area contributed by atoms with Crippen LogP contribution in [-0.2, 0) is 0 Å². The van der Waals surface area contributed by atoms with E-state index in [1.165, 1.54) is 0 Å². The molecule has 0 saturated carbocycles. The van der Waals surface area contributed by atoms with Crippen LogP contribution in [0, 0.1) is 0 Å². The maximum absolute atomic E-state index is 12.5. The molecule has 1 aromatic carbocycles. The molecular weight excluding hydrogens is 292 g/mol. The summed E-state index contributed by atoms with van der Waals surface area (Å²) in [7, 11) is 0. The number of urea groups is 1. The molecule has 0 radical (unpaired) electrons. The van der Waals surface area contributed by atoms with Crippen LogP contribution in [0.25, 0.3) is 0 Å². The van der Waals surface area contributed by atoms with Crippen LogP contribution < -0.4 is 10.1 Å². The first-order chi connectivity index (χ1) is 11.2. The number of aliphatic hydroxyl groups is 1. The average molecular weight is 320 g/mol. The number of ether oxygens (including phenoxy) is 1. The highest BCUT2D eigenvalue weighted by Crippen LogP contribution is 2.22. The molecule has 1 saturated heterocycles. The third kappa shape index (κ3) is 4.86. The van der Waals surface area contributed by atoms with Gasteiger partial charge in [-0.25, -0.2) is 4.79 Å². The van der Waals surface area contributed by atoms with Gasteiger partial charge in [0.25, 0.3) is 0 Å². The van der Waals surface area contributed by atoms with Gasteiger partial charge in [0.15, 0.2) is 0 Å². The summed E-state index contributed by atoms with van der Waals surface area (Å²) in [5.74, 6) is 0.841. The van der Waals surface area contributed by atoms with E-state index >= 15 is 0 Å². The first-order valence-corrected chi connectivity index (χ1v) is 8.56. The molecule has 1 aliphatic heterocycles. The standard InChI is InChI=1S/C18H28N2O3/c1-3-23-17-9-7-15(8-10-17)14(2)19-18(22)20-12-5-4-6-16(20)11-13-21/h7-10,14,16,21H,3-6,11-13H2,1-2H3,(H,19,22). The van der Waals surface area contributed by atoms with E-state index in [0.717, 1.165) is 37.1 Å². The summed E-state index contributed by atoms with van der Waals surface area (Å²) in [6.07, 6.45) is 3.80. The molecule has 0 aliphatic carbocycles. The number of piperidine rings is 1. The molecule has 2 rings (SSSR count). The summed E-state index contributed by atoms with van der Waals surface area (Å²) in [6.45, 7) is 5.49. The van der Waals surface area contributed by atoms with Crippen LogP contribution >= 0.6 is 0 Å². The van der Waals surface area contributed by atoms with E-state index in [1.807, 2.05) is 43.0 Å². The highest BCUT2D eigenvalue weighted by Gasteiger charge is 2.27. The maximum atomic E-state index is 12.5. The number of benzene rings is 1. The van der Waals surface area contributed by atoms with Gasteiger partial charge in [-0.1, -0.05) is 12.1 Å². The summed E-state index contributed by atoms with van der Waals surface area (Å²) in [4.78, 5) is 14.4. The molecule has 23 heavy (non-hydrogen) atoms. The fourth-order valence-electron chi connectivity index (χ4n) is 3.09. The van der Waals surface area contributed by atoms with E-state index in [0.29, 0.717) is 13.0 Å². The number of amides is 2. The molecule has 2 atom stereocenters. The van der Waals surface area contributed by atoms with Crippen LogP contribution in [0.1, 0.15) is 51.1 Å². The highest BCUT2D eigenvalue weighted by atomic mass is 16.5. The lowest BCUT2D eigenvalue weighted by atomic mass is 10.00. The van der Waals surface area contributed by atoms with E-state index in [9.17, 15) is 9.90 Å². The molecule has 2 amide bonds. The van der Waals surface area contributed by atoms with E-state index in [1.54, 1.807) is 0 Å². The lowest BCUT2D eigenvalue weighted by Gasteiger charge is -2.36. The van der Waals surface area contributed by atoms with Gasteiger partial charge >= 0.3 is 6.03 Å². The lowest BCUT2D eigenvalue weighted by molar-refractivity contribution is 0.130. The zero-order valence-electron chi connectivity index (χ0n) is 14.1. The van der Waals surface area contributed by atoms with Crippen LogP contribution in [0.4, 0.5) is 4.79 Å². The zero-order chi connectivity index (χ0) is 16.7. The Balaban J connectivity index is 1.95.